The maximum Gasteiger partial charge on any atom is 0.251 e. The van der Waals surface area contributed by atoms with Gasteiger partial charge >= 0.3 is 0 Å². The van der Waals surface area contributed by atoms with Crippen molar-refractivity contribution in [3.63, 3.8) is 0 Å². The molecule has 2 aromatic carbocycles. The fourth-order valence-corrected chi connectivity index (χ4v) is 2.99. The summed E-state index contributed by atoms with van der Waals surface area (Å²) in [6.45, 7) is 3.74. The monoisotopic (exact) mass is 435 g/mol. The summed E-state index contributed by atoms with van der Waals surface area (Å²) in [5, 5.41) is 14.6. The molecule has 1 atom stereocenters. The summed E-state index contributed by atoms with van der Waals surface area (Å²) < 4.78 is 21.2. The average molecular weight is 436 g/mol. The van der Waals surface area contributed by atoms with Gasteiger partial charge in [0.05, 0.1) is 13.2 Å². The van der Waals surface area contributed by atoms with Crippen molar-refractivity contribution in [2.75, 3.05) is 25.6 Å². The Morgan fingerprint density at radius 3 is 2.33 bits per heavy atom. The quantitative estimate of drug-likeness (QED) is 0.428. The normalized spacial score (nSPS) is 12.3. The zero-order valence-electron chi connectivity index (χ0n) is 17.1. The molecule has 2 aromatic rings. The van der Waals surface area contributed by atoms with E-state index in [4.69, 9.17) is 4.74 Å². The van der Waals surface area contributed by atoms with E-state index in [0.29, 0.717) is 5.69 Å². The molecular formula is C21H26FN3O4S. The van der Waals surface area contributed by atoms with Crippen LogP contribution < -0.4 is 15.4 Å². The van der Waals surface area contributed by atoms with Crippen molar-refractivity contribution in [1.29, 1.82) is 0 Å². The number of anilines is 1. The number of halogens is 1. The van der Waals surface area contributed by atoms with Crippen LogP contribution in [-0.4, -0.2) is 48.8 Å². The van der Waals surface area contributed by atoms with E-state index in [9.17, 15) is 19.1 Å². The number of nitrogens with one attached hydrogen (secondary N) is 3. The highest BCUT2D eigenvalue weighted by molar-refractivity contribution is 7.97. The minimum atomic E-state index is -0.923. The highest BCUT2D eigenvalue weighted by atomic mass is 32.2. The molecule has 0 aromatic heterocycles. The molecule has 4 N–H and O–H groups in total. The first-order valence-electron chi connectivity index (χ1n) is 9.25. The van der Waals surface area contributed by atoms with Crippen molar-refractivity contribution in [3.8, 4) is 0 Å². The molecule has 162 valence electrons. The van der Waals surface area contributed by atoms with Gasteiger partial charge in [-0.25, -0.2) is 4.39 Å². The molecule has 0 saturated carbocycles. The van der Waals surface area contributed by atoms with E-state index < -0.39 is 29.2 Å². The lowest BCUT2D eigenvalue weighted by atomic mass is 10.1. The lowest BCUT2D eigenvalue weighted by Gasteiger charge is -2.22. The van der Waals surface area contributed by atoms with E-state index in [2.05, 4.69) is 15.4 Å². The van der Waals surface area contributed by atoms with Crippen molar-refractivity contribution in [2.24, 2.45) is 0 Å². The number of rotatable bonds is 10. The zero-order chi connectivity index (χ0) is 22.1. The standard InChI is InChI=1S/C21H26FN3O4S/c1-21(2,13-26)25-30-17-10-8-16(9-11-17)23-20(28)18(12-29-3)24-19(27)14-4-6-15(22)7-5-14/h4-11,18,25-26H,12-13H2,1-3H3,(H,23,28)(H,24,27). The molecule has 0 aliphatic heterocycles. The fourth-order valence-electron chi connectivity index (χ4n) is 2.26. The van der Waals surface area contributed by atoms with Crippen LogP contribution in [0.15, 0.2) is 53.4 Å². The third-order valence-corrected chi connectivity index (χ3v) is 5.19. The molecule has 1 unspecified atom stereocenters. The van der Waals surface area contributed by atoms with E-state index in [-0.39, 0.29) is 18.8 Å². The first-order valence-corrected chi connectivity index (χ1v) is 10.1. The molecule has 0 spiro atoms. The SMILES string of the molecule is COCC(NC(=O)c1ccc(F)cc1)C(=O)Nc1ccc(SNC(C)(C)CO)cc1. The summed E-state index contributed by atoms with van der Waals surface area (Å²) in [6.07, 6.45) is 0. The Hall–Kier alpha value is -2.46. The van der Waals surface area contributed by atoms with E-state index in [0.717, 1.165) is 4.90 Å². The Morgan fingerprint density at radius 2 is 1.77 bits per heavy atom. The molecule has 0 fully saturated rings. The molecule has 0 aliphatic rings. The molecule has 7 nitrogen and oxygen atoms in total. The van der Waals surface area contributed by atoms with Gasteiger partial charge in [-0.05, 0) is 74.3 Å². The smallest absolute Gasteiger partial charge is 0.251 e. The van der Waals surface area contributed by atoms with Crippen LogP contribution in [0, 0.1) is 5.82 Å². The number of methoxy groups -OCH3 is 1. The second-order valence-electron chi connectivity index (χ2n) is 7.25. The number of ether oxygens (including phenoxy) is 1. The van der Waals surface area contributed by atoms with Crippen molar-refractivity contribution >= 4 is 29.4 Å². The molecule has 2 amide bonds. The van der Waals surface area contributed by atoms with Gasteiger partial charge in [0, 0.05) is 28.8 Å². The molecule has 2 rings (SSSR count). The number of benzene rings is 2. The Bertz CT molecular complexity index is 844. The number of carbonyl (C=O) groups excluding carboxylic acids is 2. The number of aliphatic hydroxyl groups is 1. The topological polar surface area (TPSA) is 99.7 Å². The van der Waals surface area contributed by atoms with Gasteiger partial charge in [-0.2, -0.15) is 0 Å². The van der Waals surface area contributed by atoms with Crippen LogP contribution in [0.1, 0.15) is 24.2 Å². The van der Waals surface area contributed by atoms with Crippen LogP contribution in [0.3, 0.4) is 0 Å². The van der Waals surface area contributed by atoms with E-state index in [1.165, 1.54) is 43.3 Å². The predicted molar refractivity (Wildman–Crippen MR) is 115 cm³/mol. The van der Waals surface area contributed by atoms with Gasteiger partial charge < -0.3 is 20.5 Å². The highest BCUT2D eigenvalue weighted by Gasteiger charge is 2.22. The van der Waals surface area contributed by atoms with Crippen LogP contribution >= 0.6 is 11.9 Å². The highest BCUT2D eigenvalue weighted by Crippen LogP contribution is 2.20. The van der Waals surface area contributed by atoms with Crippen molar-refractivity contribution < 1.29 is 23.8 Å². The largest absolute Gasteiger partial charge is 0.394 e. The maximum absolute atomic E-state index is 13.0. The van der Waals surface area contributed by atoms with Crippen molar-refractivity contribution in [3.05, 3.63) is 59.9 Å². The Morgan fingerprint density at radius 1 is 1.13 bits per heavy atom. The first kappa shape index (κ1) is 23.8. The lowest BCUT2D eigenvalue weighted by molar-refractivity contribution is -0.119. The Kier molecular flexibility index (Phi) is 8.79. The molecule has 0 radical (unpaired) electrons. The van der Waals surface area contributed by atoms with Crippen LogP contribution in [0.5, 0.6) is 0 Å². The van der Waals surface area contributed by atoms with E-state index in [1.807, 2.05) is 26.0 Å². The Balaban J connectivity index is 1.97. The third kappa shape index (κ3) is 7.42. The molecular weight excluding hydrogens is 409 g/mol. The summed E-state index contributed by atoms with van der Waals surface area (Å²) in [5.74, 6) is -1.39. The van der Waals surface area contributed by atoms with Gasteiger partial charge in [0.25, 0.3) is 5.91 Å². The predicted octanol–water partition coefficient (Wildman–Crippen LogP) is 2.58. The molecule has 0 bridgehead atoms. The van der Waals surface area contributed by atoms with Gasteiger partial charge in [-0.1, -0.05) is 0 Å². The van der Waals surface area contributed by atoms with Crippen LogP contribution in [0.2, 0.25) is 0 Å². The summed E-state index contributed by atoms with van der Waals surface area (Å²) in [7, 11) is 1.43. The van der Waals surface area contributed by atoms with Crippen LogP contribution in [-0.2, 0) is 9.53 Å². The molecule has 0 saturated heterocycles. The third-order valence-electron chi connectivity index (χ3n) is 4.02. The number of hydrogen-bond donors (Lipinski definition) is 4. The number of hydrogen-bond acceptors (Lipinski definition) is 6. The first-order chi connectivity index (χ1) is 14.2. The van der Waals surface area contributed by atoms with Gasteiger partial charge in [-0.15, -0.1) is 0 Å². The summed E-state index contributed by atoms with van der Waals surface area (Å²) in [6, 6.07) is 11.2. The molecule has 9 heteroatoms. The van der Waals surface area contributed by atoms with Gasteiger partial charge in [-0.3, -0.25) is 14.3 Å². The van der Waals surface area contributed by atoms with E-state index in [1.54, 1.807) is 12.1 Å². The number of aliphatic hydroxyl groups excluding tert-OH is 1. The van der Waals surface area contributed by atoms with Crippen LogP contribution in [0.25, 0.3) is 0 Å². The molecule has 0 heterocycles. The summed E-state index contributed by atoms with van der Waals surface area (Å²) >= 11 is 1.37. The summed E-state index contributed by atoms with van der Waals surface area (Å²) in [5.41, 5.74) is 0.376. The second kappa shape index (κ2) is 11.1. The minimum absolute atomic E-state index is 0.00132. The fraction of sp³-hybridized carbons (Fsp3) is 0.333. The minimum Gasteiger partial charge on any atom is -0.394 e. The van der Waals surface area contributed by atoms with Crippen molar-refractivity contribution in [1.82, 2.24) is 10.0 Å². The van der Waals surface area contributed by atoms with Crippen LogP contribution in [0.4, 0.5) is 10.1 Å². The maximum atomic E-state index is 13.0. The van der Waals surface area contributed by atoms with Gasteiger partial charge in [0.2, 0.25) is 5.91 Å². The van der Waals surface area contributed by atoms with Crippen molar-refractivity contribution in [2.45, 2.75) is 30.3 Å². The Labute approximate surface area is 179 Å². The molecule has 0 aliphatic carbocycles. The lowest BCUT2D eigenvalue weighted by Crippen LogP contribution is -2.46. The summed E-state index contributed by atoms with van der Waals surface area (Å²) in [4.78, 5) is 25.8. The van der Waals surface area contributed by atoms with Gasteiger partial charge in [0.1, 0.15) is 11.9 Å². The second-order valence-corrected chi connectivity index (χ2v) is 8.13. The zero-order valence-corrected chi connectivity index (χ0v) is 17.9. The van der Waals surface area contributed by atoms with E-state index >= 15 is 0 Å². The molecule has 30 heavy (non-hydrogen) atoms. The average Bonchev–Trinajstić information content (AvgIpc) is 2.73. The number of carbonyl (C=O) groups is 2. The van der Waals surface area contributed by atoms with Gasteiger partial charge in [0.15, 0.2) is 0 Å². The number of amides is 2.